The zero-order valence-corrected chi connectivity index (χ0v) is 12.7. The van der Waals surface area contributed by atoms with Gasteiger partial charge in [-0.05, 0) is 30.7 Å². The number of thiocarbonyl (C=S) groups is 1. The molecule has 0 radical (unpaired) electrons. The summed E-state index contributed by atoms with van der Waals surface area (Å²) in [6, 6.07) is 6.90. The van der Waals surface area contributed by atoms with Crippen LogP contribution < -0.4 is 0 Å². The number of benzene rings is 1. The number of hydrogen-bond acceptors (Lipinski definition) is 5. The number of esters is 1. The molecule has 0 saturated carbocycles. The van der Waals surface area contributed by atoms with Crippen LogP contribution in [0.15, 0.2) is 29.2 Å². The number of rotatable bonds is 3. The first-order chi connectivity index (χ1) is 9.52. The van der Waals surface area contributed by atoms with Crippen molar-refractivity contribution in [3.63, 3.8) is 0 Å². The number of hydrogen-bond donors (Lipinski definition) is 0. The number of carbonyl (C=O) groups excluding carboxylic acids is 2. The van der Waals surface area contributed by atoms with Gasteiger partial charge in [-0.15, -0.1) is 0 Å². The molecule has 0 bridgehead atoms. The molecule has 2 rings (SSSR count). The van der Waals surface area contributed by atoms with Gasteiger partial charge >= 0.3 is 5.97 Å². The summed E-state index contributed by atoms with van der Waals surface area (Å²) in [4.78, 5) is 25.4. The summed E-state index contributed by atoms with van der Waals surface area (Å²) in [6.45, 7) is 2.11. The second kappa shape index (κ2) is 6.19. The first-order valence-electron chi connectivity index (χ1n) is 6.01. The predicted molar refractivity (Wildman–Crippen MR) is 83.3 cm³/mol. The maximum atomic E-state index is 11.9. The molecule has 0 spiro atoms. The fourth-order valence-corrected chi connectivity index (χ4v) is 2.81. The SMILES string of the molecule is CCOC(=O)c1ccc(/C=C2\SC(=S)N(C)C2=O)cc1. The van der Waals surface area contributed by atoms with Gasteiger partial charge < -0.3 is 4.74 Å². The predicted octanol–water partition coefficient (Wildman–Crippen LogP) is 2.69. The Balaban J connectivity index is 2.17. The van der Waals surface area contributed by atoms with Gasteiger partial charge in [0.1, 0.15) is 4.32 Å². The average molecular weight is 307 g/mol. The monoisotopic (exact) mass is 307 g/mol. The third kappa shape index (κ3) is 3.08. The van der Waals surface area contributed by atoms with Crippen molar-refractivity contribution in [3.8, 4) is 0 Å². The highest BCUT2D eigenvalue weighted by molar-refractivity contribution is 8.26. The Hall–Kier alpha value is -1.66. The van der Waals surface area contributed by atoms with Crippen LogP contribution in [-0.2, 0) is 9.53 Å². The second-order valence-electron chi connectivity index (χ2n) is 4.08. The van der Waals surface area contributed by atoms with Gasteiger partial charge in [-0.1, -0.05) is 36.1 Å². The number of nitrogens with zero attached hydrogens (tertiary/aromatic N) is 1. The van der Waals surface area contributed by atoms with Gasteiger partial charge in [0.25, 0.3) is 5.91 Å². The van der Waals surface area contributed by atoms with Crippen molar-refractivity contribution in [2.45, 2.75) is 6.92 Å². The quantitative estimate of drug-likeness (QED) is 0.488. The molecular weight excluding hydrogens is 294 g/mol. The van der Waals surface area contributed by atoms with E-state index in [0.717, 1.165) is 5.56 Å². The lowest BCUT2D eigenvalue weighted by molar-refractivity contribution is -0.121. The van der Waals surface area contributed by atoms with Crippen LogP contribution in [0.25, 0.3) is 6.08 Å². The molecule has 104 valence electrons. The van der Waals surface area contributed by atoms with E-state index in [0.29, 0.717) is 21.4 Å². The number of ether oxygens (including phenoxy) is 1. The number of amides is 1. The maximum absolute atomic E-state index is 11.9. The van der Waals surface area contributed by atoms with E-state index in [2.05, 4.69) is 0 Å². The van der Waals surface area contributed by atoms with E-state index in [1.807, 2.05) is 0 Å². The summed E-state index contributed by atoms with van der Waals surface area (Å²) in [7, 11) is 1.66. The molecule has 0 atom stereocenters. The molecule has 1 amide bonds. The Morgan fingerprint density at radius 3 is 2.55 bits per heavy atom. The lowest BCUT2D eigenvalue weighted by Crippen LogP contribution is -2.22. The van der Waals surface area contributed by atoms with Gasteiger partial charge in [0.2, 0.25) is 0 Å². The summed E-state index contributed by atoms with van der Waals surface area (Å²) >= 11 is 6.33. The molecule has 6 heteroatoms. The molecule has 0 N–H and O–H groups in total. The Labute approximate surface area is 126 Å². The van der Waals surface area contributed by atoms with Crippen molar-refractivity contribution in [1.82, 2.24) is 4.90 Å². The smallest absolute Gasteiger partial charge is 0.338 e. The van der Waals surface area contributed by atoms with Crippen LogP contribution in [0.3, 0.4) is 0 Å². The normalized spacial score (nSPS) is 16.9. The lowest BCUT2D eigenvalue weighted by Gasteiger charge is -2.03. The average Bonchev–Trinajstić information content (AvgIpc) is 2.67. The fraction of sp³-hybridized carbons (Fsp3) is 0.214. The van der Waals surface area contributed by atoms with Crippen molar-refractivity contribution in [3.05, 3.63) is 40.3 Å². The van der Waals surface area contributed by atoms with Crippen LogP contribution in [0.4, 0.5) is 0 Å². The standard InChI is InChI=1S/C14H13NO3S2/c1-3-18-13(17)10-6-4-9(5-7-10)8-11-12(16)15(2)14(19)20-11/h4-8H,3H2,1-2H3/b11-8-. The van der Waals surface area contributed by atoms with Crippen LogP contribution >= 0.6 is 24.0 Å². The van der Waals surface area contributed by atoms with Crippen LogP contribution in [0.5, 0.6) is 0 Å². The topological polar surface area (TPSA) is 46.6 Å². The molecule has 1 saturated heterocycles. The molecule has 1 aromatic rings. The summed E-state index contributed by atoms with van der Waals surface area (Å²) in [5.74, 6) is -0.451. The molecule has 0 aromatic heterocycles. The van der Waals surface area contributed by atoms with E-state index in [9.17, 15) is 9.59 Å². The van der Waals surface area contributed by atoms with Crippen LogP contribution in [0.2, 0.25) is 0 Å². The maximum Gasteiger partial charge on any atom is 0.338 e. The van der Waals surface area contributed by atoms with E-state index < -0.39 is 0 Å². The van der Waals surface area contributed by atoms with Crippen LogP contribution in [0.1, 0.15) is 22.8 Å². The van der Waals surface area contributed by atoms with Gasteiger partial charge in [-0.25, -0.2) is 4.79 Å². The summed E-state index contributed by atoms with van der Waals surface area (Å²) in [5, 5.41) is 0. The van der Waals surface area contributed by atoms with Crippen molar-refractivity contribution < 1.29 is 14.3 Å². The summed E-state index contributed by atoms with van der Waals surface area (Å²) < 4.78 is 5.46. The van der Waals surface area contributed by atoms with Gasteiger partial charge in [0.15, 0.2) is 0 Å². The van der Waals surface area contributed by atoms with Crippen molar-refractivity contribution in [1.29, 1.82) is 0 Å². The van der Waals surface area contributed by atoms with Crippen molar-refractivity contribution >= 4 is 46.3 Å². The van der Waals surface area contributed by atoms with E-state index in [-0.39, 0.29) is 11.9 Å². The molecule has 0 aliphatic carbocycles. The van der Waals surface area contributed by atoms with Gasteiger partial charge in [0.05, 0.1) is 17.1 Å². The van der Waals surface area contributed by atoms with E-state index in [4.69, 9.17) is 17.0 Å². The Morgan fingerprint density at radius 2 is 2.05 bits per heavy atom. The minimum atomic E-state index is -0.348. The highest BCUT2D eigenvalue weighted by Gasteiger charge is 2.28. The largest absolute Gasteiger partial charge is 0.462 e. The third-order valence-corrected chi connectivity index (χ3v) is 4.19. The molecule has 1 heterocycles. The first kappa shape index (κ1) is 14.7. The molecule has 0 unspecified atom stereocenters. The molecule has 1 fully saturated rings. The second-order valence-corrected chi connectivity index (χ2v) is 5.76. The molecule has 1 aromatic carbocycles. The lowest BCUT2D eigenvalue weighted by atomic mass is 10.1. The summed E-state index contributed by atoms with van der Waals surface area (Å²) in [6.07, 6.45) is 1.76. The summed E-state index contributed by atoms with van der Waals surface area (Å²) in [5.41, 5.74) is 1.33. The zero-order valence-electron chi connectivity index (χ0n) is 11.1. The highest BCUT2D eigenvalue weighted by atomic mass is 32.2. The highest BCUT2D eigenvalue weighted by Crippen LogP contribution is 2.31. The Morgan fingerprint density at radius 1 is 1.40 bits per heavy atom. The van der Waals surface area contributed by atoms with E-state index >= 15 is 0 Å². The molecular formula is C14H13NO3S2. The molecule has 1 aliphatic rings. The third-order valence-electron chi connectivity index (χ3n) is 2.71. The molecule has 4 nitrogen and oxygen atoms in total. The van der Waals surface area contributed by atoms with Crippen LogP contribution in [-0.4, -0.2) is 34.8 Å². The fourth-order valence-electron chi connectivity index (χ4n) is 1.63. The van der Waals surface area contributed by atoms with Crippen molar-refractivity contribution in [2.75, 3.05) is 13.7 Å². The van der Waals surface area contributed by atoms with Gasteiger partial charge in [-0.3, -0.25) is 9.69 Å². The molecule has 1 aliphatic heterocycles. The first-order valence-corrected chi connectivity index (χ1v) is 7.24. The number of thioether (sulfide) groups is 1. The van der Waals surface area contributed by atoms with Gasteiger partial charge in [0, 0.05) is 7.05 Å². The van der Waals surface area contributed by atoms with Gasteiger partial charge in [-0.2, -0.15) is 0 Å². The number of carbonyl (C=O) groups is 2. The Bertz CT molecular complexity index is 593. The van der Waals surface area contributed by atoms with E-state index in [1.165, 1.54) is 16.7 Å². The van der Waals surface area contributed by atoms with Crippen molar-refractivity contribution in [2.24, 2.45) is 0 Å². The Kier molecular flexibility index (Phi) is 4.57. The van der Waals surface area contributed by atoms with Crippen LogP contribution in [0, 0.1) is 0 Å². The minimum Gasteiger partial charge on any atom is -0.462 e. The minimum absolute atomic E-state index is 0.102. The van der Waals surface area contributed by atoms with E-state index in [1.54, 1.807) is 44.3 Å². The number of likely N-dealkylation sites (N-methyl/N-ethyl adjacent to an activating group) is 1. The molecule has 20 heavy (non-hydrogen) atoms. The zero-order chi connectivity index (χ0) is 14.7.